The van der Waals surface area contributed by atoms with Gasteiger partial charge in [0.15, 0.2) is 0 Å². The molecular weight excluding hydrogens is 423 g/mol. The van der Waals surface area contributed by atoms with Crippen molar-refractivity contribution in [1.29, 1.82) is 0 Å². The molecule has 0 unspecified atom stereocenters. The van der Waals surface area contributed by atoms with E-state index >= 15 is 0 Å². The summed E-state index contributed by atoms with van der Waals surface area (Å²) in [5.41, 5.74) is 5.04. The van der Waals surface area contributed by atoms with Gasteiger partial charge in [-0.15, -0.1) is 0 Å². The third-order valence-corrected chi connectivity index (χ3v) is 4.42. The Morgan fingerprint density at radius 3 is 2.00 bits per heavy atom. The van der Waals surface area contributed by atoms with Crippen LogP contribution in [-0.4, -0.2) is 0 Å². The molecule has 2 heteroatoms. The zero-order chi connectivity index (χ0) is 13.9. The first-order valence-electron chi connectivity index (χ1n) is 6.35. The lowest BCUT2D eigenvalue weighted by atomic mass is 9.95. The molecule has 0 saturated heterocycles. The molecule has 0 aliphatic rings. The number of hydrogen-bond acceptors (Lipinski definition) is 0. The van der Waals surface area contributed by atoms with E-state index in [9.17, 15) is 0 Å². The minimum absolute atomic E-state index is 1.10. The fourth-order valence-electron chi connectivity index (χ4n) is 2.25. The third kappa shape index (κ3) is 2.96. The Balaban J connectivity index is 2.19. The van der Waals surface area contributed by atoms with Crippen LogP contribution in [0, 0.1) is 3.57 Å². The SMILES string of the molecule is Brc1ccc(-c2ccc(I)cc2-c2ccccc2)cc1. The smallest absolute Gasteiger partial charge is 0.0175 e. The monoisotopic (exact) mass is 434 g/mol. The van der Waals surface area contributed by atoms with E-state index in [4.69, 9.17) is 0 Å². The van der Waals surface area contributed by atoms with E-state index in [2.05, 4.69) is 111 Å². The first-order valence-corrected chi connectivity index (χ1v) is 8.22. The van der Waals surface area contributed by atoms with Crippen molar-refractivity contribution in [3.63, 3.8) is 0 Å². The molecule has 0 aliphatic heterocycles. The molecule has 0 radical (unpaired) electrons. The molecular formula is C18H12BrI. The van der Waals surface area contributed by atoms with Crippen LogP contribution in [0.1, 0.15) is 0 Å². The highest BCUT2D eigenvalue weighted by Crippen LogP contribution is 2.33. The van der Waals surface area contributed by atoms with Gasteiger partial charge in [0.25, 0.3) is 0 Å². The summed E-state index contributed by atoms with van der Waals surface area (Å²) < 4.78 is 2.36. The zero-order valence-electron chi connectivity index (χ0n) is 10.7. The Bertz CT molecular complexity index is 718. The number of hydrogen-bond donors (Lipinski definition) is 0. The molecule has 0 aromatic heterocycles. The zero-order valence-corrected chi connectivity index (χ0v) is 14.4. The van der Waals surface area contributed by atoms with Crippen molar-refractivity contribution in [2.45, 2.75) is 0 Å². The van der Waals surface area contributed by atoms with Crippen LogP contribution in [0.2, 0.25) is 0 Å². The van der Waals surface area contributed by atoms with Crippen LogP contribution in [0.5, 0.6) is 0 Å². The van der Waals surface area contributed by atoms with Crippen LogP contribution in [0.3, 0.4) is 0 Å². The summed E-state index contributed by atoms with van der Waals surface area (Å²) in [4.78, 5) is 0. The van der Waals surface area contributed by atoms with Gasteiger partial charge in [-0.05, 0) is 69.1 Å². The minimum Gasteiger partial charge on any atom is -0.0622 e. The van der Waals surface area contributed by atoms with Gasteiger partial charge in [-0.3, -0.25) is 0 Å². The minimum atomic E-state index is 1.10. The van der Waals surface area contributed by atoms with Crippen molar-refractivity contribution in [3.8, 4) is 22.3 Å². The molecule has 0 fully saturated rings. The van der Waals surface area contributed by atoms with Crippen molar-refractivity contribution < 1.29 is 0 Å². The van der Waals surface area contributed by atoms with Gasteiger partial charge in [0, 0.05) is 8.04 Å². The molecule has 0 atom stereocenters. The molecule has 3 aromatic rings. The van der Waals surface area contributed by atoms with Crippen LogP contribution in [0.15, 0.2) is 77.3 Å². The van der Waals surface area contributed by atoms with Gasteiger partial charge >= 0.3 is 0 Å². The fraction of sp³-hybridized carbons (Fsp3) is 0. The maximum absolute atomic E-state index is 3.49. The maximum atomic E-state index is 3.49. The predicted octanol–water partition coefficient (Wildman–Crippen LogP) is 6.39. The van der Waals surface area contributed by atoms with Crippen LogP contribution in [0.4, 0.5) is 0 Å². The van der Waals surface area contributed by atoms with Crippen molar-refractivity contribution in [3.05, 3.63) is 80.8 Å². The Morgan fingerprint density at radius 1 is 0.650 bits per heavy atom. The molecule has 3 aromatic carbocycles. The fourth-order valence-corrected chi connectivity index (χ4v) is 3.01. The summed E-state index contributed by atoms with van der Waals surface area (Å²) in [6.07, 6.45) is 0. The molecule has 20 heavy (non-hydrogen) atoms. The third-order valence-electron chi connectivity index (χ3n) is 3.22. The van der Waals surface area contributed by atoms with Crippen LogP contribution in [-0.2, 0) is 0 Å². The Labute approximate surface area is 141 Å². The molecule has 0 spiro atoms. The normalized spacial score (nSPS) is 10.5. The largest absolute Gasteiger partial charge is 0.0622 e. The molecule has 0 nitrogen and oxygen atoms in total. The average molecular weight is 435 g/mol. The van der Waals surface area contributed by atoms with Crippen molar-refractivity contribution >= 4 is 38.5 Å². The lowest BCUT2D eigenvalue weighted by Crippen LogP contribution is -1.86. The highest BCUT2D eigenvalue weighted by atomic mass is 127. The van der Waals surface area contributed by atoms with E-state index in [-0.39, 0.29) is 0 Å². The highest BCUT2D eigenvalue weighted by molar-refractivity contribution is 14.1. The van der Waals surface area contributed by atoms with Gasteiger partial charge in [0.05, 0.1) is 0 Å². The summed E-state index contributed by atoms with van der Waals surface area (Å²) in [6, 6.07) is 25.6. The molecule has 0 aliphatic carbocycles. The summed E-state index contributed by atoms with van der Waals surface area (Å²) in [7, 11) is 0. The van der Waals surface area contributed by atoms with Gasteiger partial charge in [0.1, 0.15) is 0 Å². The molecule has 0 bridgehead atoms. The van der Waals surface area contributed by atoms with Gasteiger partial charge in [-0.1, -0.05) is 64.5 Å². The predicted molar refractivity (Wildman–Crippen MR) is 97.7 cm³/mol. The van der Waals surface area contributed by atoms with Gasteiger partial charge in [-0.2, -0.15) is 0 Å². The quantitative estimate of drug-likeness (QED) is 0.410. The van der Waals surface area contributed by atoms with E-state index < -0.39 is 0 Å². The Hall–Kier alpha value is -1.13. The van der Waals surface area contributed by atoms with Gasteiger partial charge < -0.3 is 0 Å². The summed E-state index contributed by atoms with van der Waals surface area (Å²) in [5, 5.41) is 0. The van der Waals surface area contributed by atoms with Gasteiger partial charge in [-0.25, -0.2) is 0 Å². The first kappa shape index (κ1) is 13.8. The summed E-state index contributed by atoms with van der Waals surface area (Å²) in [5.74, 6) is 0. The molecule has 0 heterocycles. The topological polar surface area (TPSA) is 0 Å². The molecule has 0 amide bonds. The molecule has 3 rings (SSSR count). The molecule has 0 saturated carbocycles. The molecule has 0 N–H and O–H groups in total. The van der Waals surface area contributed by atoms with Crippen LogP contribution in [0.25, 0.3) is 22.3 Å². The van der Waals surface area contributed by atoms with Gasteiger partial charge in [0.2, 0.25) is 0 Å². The van der Waals surface area contributed by atoms with Crippen molar-refractivity contribution in [1.82, 2.24) is 0 Å². The Kier molecular flexibility index (Phi) is 4.22. The summed E-state index contributed by atoms with van der Waals surface area (Å²) in [6.45, 7) is 0. The van der Waals surface area contributed by atoms with Crippen molar-refractivity contribution in [2.24, 2.45) is 0 Å². The second kappa shape index (κ2) is 6.10. The van der Waals surface area contributed by atoms with Crippen LogP contribution < -0.4 is 0 Å². The number of halogens is 2. The second-order valence-corrected chi connectivity index (χ2v) is 6.72. The standard InChI is InChI=1S/C18H12BrI/c19-15-8-6-14(7-9-15)17-11-10-16(20)12-18(17)13-4-2-1-3-5-13/h1-12H. The van der Waals surface area contributed by atoms with E-state index in [1.165, 1.54) is 25.8 Å². The number of rotatable bonds is 2. The highest BCUT2D eigenvalue weighted by Gasteiger charge is 2.07. The van der Waals surface area contributed by atoms with E-state index in [0.29, 0.717) is 0 Å². The average Bonchev–Trinajstić information content (AvgIpc) is 2.49. The Morgan fingerprint density at radius 2 is 1.30 bits per heavy atom. The lowest BCUT2D eigenvalue weighted by Gasteiger charge is -2.11. The van der Waals surface area contributed by atoms with E-state index in [1.54, 1.807) is 0 Å². The van der Waals surface area contributed by atoms with Crippen molar-refractivity contribution in [2.75, 3.05) is 0 Å². The van der Waals surface area contributed by atoms with E-state index in [0.717, 1.165) is 4.47 Å². The second-order valence-electron chi connectivity index (χ2n) is 4.56. The van der Waals surface area contributed by atoms with E-state index in [1.807, 2.05) is 0 Å². The lowest BCUT2D eigenvalue weighted by molar-refractivity contribution is 1.55. The molecule has 98 valence electrons. The summed E-state index contributed by atoms with van der Waals surface area (Å²) >= 11 is 5.86. The maximum Gasteiger partial charge on any atom is 0.0175 e. The first-order chi connectivity index (χ1) is 9.74. The number of benzene rings is 3. The van der Waals surface area contributed by atoms with Crippen LogP contribution >= 0.6 is 38.5 Å².